The van der Waals surface area contributed by atoms with E-state index in [9.17, 15) is 12.8 Å². The third kappa shape index (κ3) is 2.98. The molecule has 0 radical (unpaired) electrons. The highest BCUT2D eigenvalue weighted by atomic mass is 32.2. The average molecular weight is 330 g/mol. The molecule has 1 saturated heterocycles. The van der Waals surface area contributed by atoms with Gasteiger partial charge in [0.2, 0.25) is 10.0 Å². The molecule has 23 heavy (non-hydrogen) atoms. The van der Waals surface area contributed by atoms with Gasteiger partial charge in [-0.2, -0.15) is 9.57 Å². The van der Waals surface area contributed by atoms with Crippen LogP contribution in [-0.2, 0) is 10.0 Å². The summed E-state index contributed by atoms with van der Waals surface area (Å²) in [6, 6.07) is 13.5. The van der Waals surface area contributed by atoms with Gasteiger partial charge in [-0.3, -0.25) is 0 Å². The second kappa shape index (κ2) is 6.11. The molecule has 0 aromatic heterocycles. The van der Waals surface area contributed by atoms with Crippen molar-refractivity contribution in [3.8, 4) is 6.07 Å². The minimum atomic E-state index is -3.64. The normalized spacial score (nSPS) is 18.7. The first-order valence-electron chi connectivity index (χ1n) is 7.30. The van der Waals surface area contributed by atoms with E-state index in [0.29, 0.717) is 18.5 Å². The lowest BCUT2D eigenvalue weighted by molar-refractivity contribution is 0.396. The molecule has 1 aliphatic heterocycles. The highest BCUT2D eigenvalue weighted by molar-refractivity contribution is 7.89. The molecule has 0 amide bonds. The highest BCUT2D eigenvalue weighted by Gasteiger charge is 2.36. The summed E-state index contributed by atoms with van der Waals surface area (Å²) in [5.74, 6) is -0.340. The maximum Gasteiger partial charge on any atom is 0.243 e. The van der Waals surface area contributed by atoms with E-state index in [-0.39, 0.29) is 16.8 Å². The van der Waals surface area contributed by atoms with Crippen LogP contribution in [0.3, 0.4) is 0 Å². The summed E-state index contributed by atoms with van der Waals surface area (Å²) in [6.07, 6.45) is 1.47. The van der Waals surface area contributed by atoms with Crippen LogP contribution in [0.1, 0.15) is 30.0 Å². The van der Waals surface area contributed by atoms with Gasteiger partial charge in [0.25, 0.3) is 0 Å². The molecule has 0 N–H and O–H groups in total. The molecule has 0 aliphatic carbocycles. The van der Waals surface area contributed by atoms with Gasteiger partial charge < -0.3 is 0 Å². The predicted octanol–water partition coefficient (Wildman–Crippen LogP) is 3.22. The van der Waals surface area contributed by atoms with E-state index in [0.717, 1.165) is 12.0 Å². The van der Waals surface area contributed by atoms with E-state index >= 15 is 0 Å². The van der Waals surface area contributed by atoms with E-state index < -0.39 is 10.0 Å². The molecule has 1 atom stereocenters. The minimum absolute atomic E-state index is 0.172. The first kappa shape index (κ1) is 15.7. The van der Waals surface area contributed by atoms with Gasteiger partial charge in [-0.15, -0.1) is 0 Å². The summed E-state index contributed by atoms with van der Waals surface area (Å²) in [5, 5.41) is 8.82. The Kier molecular flexibility index (Phi) is 4.16. The van der Waals surface area contributed by atoms with Crippen molar-refractivity contribution in [3.63, 3.8) is 0 Å². The van der Waals surface area contributed by atoms with E-state index in [2.05, 4.69) is 0 Å². The maximum atomic E-state index is 13.1. The number of sulfonamides is 1. The SMILES string of the molecule is N#Cc1ccc(S(=O)(=O)N2CCC[C@H]2c2ccc(F)cc2)cc1. The van der Waals surface area contributed by atoms with Gasteiger partial charge in [0.05, 0.1) is 22.6 Å². The molecule has 3 rings (SSSR count). The number of hydrogen-bond donors (Lipinski definition) is 0. The van der Waals surface area contributed by atoms with E-state index in [1.165, 1.54) is 40.7 Å². The Hall–Kier alpha value is -2.23. The molecule has 2 aromatic rings. The quantitative estimate of drug-likeness (QED) is 0.868. The smallest absolute Gasteiger partial charge is 0.207 e. The Morgan fingerprint density at radius 3 is 2.35 bits per heavy atom. The molecule has 0 saturated carbocycles. The van der Waals surface area contributed by atoms with Gasteiger partial charge in [0, 0.05) is 6.54 Å². The summed E-state index contributed by atoms with van der Waals surface area (Å²) < 4.78 is 40.3. The predicted molar refractivity (Wildman–Crippen MR) is 83.4 cm³/mol. The van der Waals surface area contributed by atoms with Gasteiger partial charge >= 0.3 is 0 Å². The molecule has 1 aliphatic rings. The molecule has 0 spiro atoms. The number of nitriles is 1. The van der Waals surface area contributed by atoms with Gasteiger partial charge in [-0.1, -0.05) is 12.1 Å². The van der Waals surface area contributed by atoms with Crippen LogP contribution in [0.5, 0.6) is 0 Å². The fourth-order valence-corrected chi connectivity index (χ4v) is 4.57. The Labute approximate surface area is 134 Å². The summed E-state index contributed by atoms with van der Waals surface area (Å²) in [5.41, 5.74) is 1.21. The lowest BCUT2D eigenvalue weighted by atomic mass is 10.1. The van der Waals surface area contributed by atoms with Crippen molar-refractivity contribution >= 4 is 10.0 Å². The third-order valence-electron chi connectivity index (χ3n) is 4.05. The van der Waals surface area contributed by atoms with E-state index in [1.807, 2.05) is 6.07 Å². The molecular weight excluding hydrogens is 315 g/mol. The van der Waals surface area contributed by atoms with Crippen LogP contribution in [0, 0.1) is 17.1 Å². The van der Waals surface area contributed by atoms with Crippen molar-refractivity contribution < 1.29 is 12.8 Å². The molecule has 1 heterocycles. The summed E-state index contributed by atoms with van der Waals surface area (Å²) in [7, 11) is -3.64. The Morgan fingerprint density at radius 2 is 1.74 bits per heavy atom. The topological polar surface area (TPSA) is 61.2 Å². The van der Waals surface area contributed by atoms with Crippen LogP contribution in [-0.4, -0.2) is 19.3 Å². The van der Waals surface area contributed by atoms with Gasteiger partial charge in [-0.25, -0.2) is 12.8 Å². The highest BCUT2D eigenvalue weighted by Crippen LogP contribution is 2.36. The zero-order valence-corrected chi connectivity index (χ0v) is 13.1. The minimum Gasteiger partial charge on any atom is -0.207 e. The first-order valence-corrected chi connectivity index (χ1v) is 8.74. The fourth-order valence-electron chi connectivity index (χ4n) is 2.88. The fraction of sp³-hybridized carbons (Fsp3) is 0.235. The second-order valence-electron chi connectivity index (χ2n) is 5.46. The van der Waals surface area contributed by atoms with E-state index in [1.54, 1.807) is 12.1 Å². The number of benzene rings is 2. The van der Waals surface area contributed by atoms with Gasteiger partial charge in [0.1, 0.15) is 5.82 Å². The molecule has 1 fully saturated rings. The lowest BCUT2D eigenvalue weighted by Crippen LogP contribution is -2.30. The maximum absolute atomic E-state index is 13.1. The van der Waals surface area contributed by atoms with Gasteiger partial charge in [-0.05, 0) is 54.8 Å². The van der Waals surface area contributed by atoms with E-state index in [4.69, 9.17) is 5.26 Å². The standard InChI is InChI=1S/C17H15FN2O2S/c18-15-7-5-14(6-8-15)17-2-1-11-20(17)23(21,22)16-9-3-13(12-19)4-10-16/h3-10,17H,1-2,11H2/t17-/m0/s1. The number of halogens is 1. The molecular formula is C17H15FN2O2S. The molecule has 2 aromatic carbocycles. The molecule has 6 heteroatoms. The molecule has 0 bridgehead atoms. The van der Waals surface area contributed by atoms with Crippen molar-refractivity contribution in [3.05, 3.63) is 65.5 Å². The number of rotatable bonds is 3. The Morgan fingerprint density at radius 1 is 1.09 bits per heavy atom. The Bertz CT molecular complexity index is 840. The number of hydrogen-bond acceptors (Lipinski definition) is 3. The van der Waals surface area contributed by atoms with Crippen LogP contribution < -0.4 is 0 Å². The van der Waals surface area contributed by atoms with Crippen LogP contribution in [0.25, 0.3) is 0 Å². The zero-order chi connectivity index (χ0) is 16.4. The number of nitrogens with zero attached hydrogens (tertiary/aromatic N) is 2. The monoisotopic (exact) mass is 330 g/mol. The van der Waals surface area contributed by atoms with Gasteiger partial charge in [0.15, 0.2) is 0 Å². The first-order chi connectivity index (χ1) is 11.0. The van der Waals surface area contributed by atoms with Crippen molar-refractivity contribution in [1.82, 2.24) is 4.31 Å². The Balaban J connectivity index is 1.94. The molecule has 118 valence electrons. The zero-order valence-electron chi connectivity index (χ0n) is 12.3. The van der Waals surface area contributed by atoms with Crippen LogP contribution in [0.15, 0.2) is 53.4 Å². The van der Waals surface area contributed by atoms with Crippen LogP contribution >= 0.6 is 0 Å². The summed E-state index contributed by atoms with van der Waals surface area (Å²) in [4.78, 5) is 0.172. The van der Waals surface area contributed by atoms with Crippen LogP contribution in [0.2, 0.25) is 0 Å². The molecule has 4 nitrogen and oxygen atoms in total. The second-order valence-corrected chi connectivity index (χ2v) is 7.35. The lowest BCUT2D eigenvalue weighted by Gasteiger charge is -2.24. The average Bonchev–Trinajstić information content (AvgIpc) is 3.06. The largest absolute Gasteiger partial charge is 0.243 e. The summed E-state index contributed by atoms with van der Waals surface area (Å²) >= 11 is 0. The van der Waals surface area contributed by atoms with Crippen molar-refractivity contribution in [2.45, 2.75) is 23.8 Å². The third-order valence-corrected chi connectivity index (χ3v) is 5.97. The van der Waals surface area contributed by atoms with Crippen molar-refractivity contribution in [1.29, 1.82) is 5.26 Å². The van der Waals surface area contributed by atoms with Crippen molar-refractivity contribution in [2.24, 2.45) is 0 Å². The molecule has 0 unspecified atom stereocenters. The van der Waals surface area contributed by atoms with Crippen LogP contribution in [0.4, 0.5) is 4.39 Å². The van der Waals surface area contributed by atoms with Crippen molar-refractivity contribution in [2.75, 3.05) is 6.54 Å². The summed E-state index contributed by atoms with van der Waals surface area (Å²) in [6.45, 7) is 0.435.